The second-order valence-electron chi connectivity index (χ2n) is 4.97. The molecule has 0 aliphatic rings. The number of aliphatic hydroxyl groups excluding tert-OH is 1. The topological polar surface area (TPSA) is 47.3 Å². The molecule has 0 fully saturated rings. The molecule has 4 heteroatoms. The zero-order chi connectivity index (χ0) is 15.1. The van der Waals surface area contributed by atoms with Crippen LogP contribution in [0.2, 0.25) is 0 Å². The van der Waals surface area contributed by atoms with Gasteiger partial charge in [-0.15, -0.1) is 0 Å². The predicted octanol–water partition coefficient (Wildman–Crippen LogP) is 2.43. The Morgan fingerprint density at radius 3 is 2.71 bits per heavy atom. The fraction of sp³-hybridized carbons (Fsp3) is 0.353. The predicted molar refractivity (Wildman–Crippen MR) is 82.2 cm³/mol. The van der Waals surface area contributed by atoms with Gasteiger partial charge in [-0.25, -0.2) is 4.98 Å². The molecule has 0 bridgehead atoms. The van der Waals surface area contributed by atoms with E-state index in [-0.39, 0.29) is 6.61 Å². The number of aliphatic hydroxyl groups is 1. The Labute approximate surface area is 125 Å². The number of nitrogens with zero attached hydrogens (tertiary/aromatic N) is 2. The molecule has 0 radical (unpaired) electrons. The number of imidazole rings is 1. The van der Waals surface area contributed by atoms with Crippen molar-refractivity contribution >= 4 is 0 Å². The average molecular weight is 284 g/mol. The van der Waals surface area contributed by atoms with Crippen LogP contribution in [0.3, 0.4) is 0 Å². The van der Waals surface area contributed by atoms with Gasteiger partial charge in [0.1, 0.15) is 24.8 Å². The number of rotatable bonds is 5. The highest BCUT2D eigenvalue weighted by Crippen LogP contribution is 2.13. The van der Waals surface area contributed by atoms with Gasteiger partial charge in [-0.3, -0.25) is 0 Å². The first-order chi connectivity index (χ1) is 10.2. The summed E-state index contributed by atoms with van der Waals surface area (Å²) in [5.41, 5.74) is 0.869. The van der Waals surface area contributed by atoms with Crippen molar-refractivity contribution in [3.05, 3.63) is 48.0 Å². The third kappa shape index (κ3) is 4.37. The third-order valence-electron chi connectivity index (χ3n) is 3.03. The Bertz CT molecular complexity index is 618. The summed E-state index contributed by atoms with van der Waals surface area (Å²) < 4.78 is 7.84. The molecule has 1 aromatic heterocycles. The molecule has 0 amide bonds. The molecule has 1 heterocycles. The summed E-state index contributed by atoms with van der Waals surface area (Å²) in [6.45, 7) is 5.51. The molecule has 0 saturated heterocycles. The van der Waals surface area contributed by atoms with E-state index in [1.54, 1.807) is 0 Å². The lowest BCUT2D eigenvalue weighted by atomic mass is 10.2. The van der Waals surface area contributed by atoms with Gasteiger partial charge in [-0.1, -0.05) is 25.7 Å². The van der Waals surface area contributed by atoms with Crippen molar-refractivity contribution in [3.8, 4) is 17.6 Å². The molecule has 0 atom stereocenters. The van der Waals surface area contributed by atoms with Gasteiger partial charge < -0.3 is 14.4 Å². The molecule has 0 aliphatic heterocycles. The molecule has 0 saturated carbocycles. The lowest BCUT2D eigenvalue weighted by molar-refractivity contribution is 0.295. The first kappa shape index (κ1) is 15.1. The van der Waals surface area contributed by atoms with Gasteiger partial charge in [0.15, 0.2) is 0 Å². The van der Waals surface area contributed by atoms with Gasteiger partial charge in [0.05, 0.1) is 6.54 Å². The van der Waals surface area contributed by atoms with E-state index in [1.807, 2.05) is 36.7 Å². The largest absolute Gasteiger partial charge is 0.492 e. The van der Waals surface area contributed by atoms with Gasteiger partial charge in [-0.05, 0) is 24.3 Å². The van der Waals surface area contributed by atoms with Crippen LogP contribution < -0.4 is 4.74 Å². The normalized spacial score (nSPS) is 10.3. The first-order valence-corrected chi connectivity index (χ1v) is 7.04. The highest BCUT2D eigenvalue weighted by atomic mass is 16.5. The standard InChI is InChI=1S/C17H20N2O2/c1-14(2)17-18-9-10-19(17)11-13-21-16-7-5-15(6-8-16)4-3-12-20/h5-10,14,20H,11-13H2,1-2H3. The van der Waals surface area contributed by atoms with Crippen molar-refractivity contribution in [3.63, 3.8) is 0 Å². The Kier molecular flexibility index (Phi) is 5.42. The zero-order valence-electron chi connectivity index (χ0n) is 12.4. The van der Waals surface area contributed by atoms with Crippen LogP contribution in [-0.4, -0.2) is 27.9 Å². The van der Waals surface area contributed by atoms with Crippen LogP contribution in [0.15, 0.2) is 36.7 Å². The molecule has 2 rings (SSSR count). The monoisotopic (exact) mass is 284 g/mol. The van der Waals surface area contributed by atoms with Crippen LogP contribution in [0.5, 0.6) is 5.75 Å². The van der Waals surface area contributed by atoms with Crippen LogP contribution in [0.25, 0.3) is 0 Å². The van der Waals surface area contributed by atoms with Crippen LogP contribution >= 0.6 is 0 Å². The molecule has 110 valence electrons. The van der Waals surface area contributed by atoms with Crippen LogP contribution in [0, 0.1) is 11.8 Å². The van der Waals surface area contributed by atoms with E-state index in [0.717, 1.165) is 23.7 Å². The molecule has 0 spiro atoms. The summed E-state index contributed by atoms with van der Waals surface area (Å²) in [4.78, 5) is 4.35. The summed E-state index contributed by atoms with van der Waals surface area (Å²) in [5.74, 6) is 7.77. The van der Waals surface area contributed by atoms with E-state index in [4.69, 9.17) is 9.84 Å². The number of hydrogen-bond donors (Lipinski definition) is 1. The smallest absolute Gasteiger partial charge is 0.119 e. The van der Waals surface area contributed by atoms with E-state index in [0.29, 0.717) is 12.5 Å². The Hall–Kier alpha value is -2.25. The third-order valence-corrected chi connectivity index (χ3v) is 3.03. The summed E-state index contributed by atoms with van der Waals surface area (Å²) >= 11 is 0. The number of hydrogen-bond acceptors (Lipinski definition) is 3. The van der Waals surface area contributed by atoms with Crippen molar-refractivity contribution in [1.29, 1.82) is 0 Å². The van der Waals surface area contributed by atoms with E-state index in [1.165, 1.54) is 0 Å². The van der Waals surface area contributed by atoms with Gasteiger partial charge in [0.25, 0.3) is 0 Å². The maximum atomic E-state index is 8.64. The molecule has 2 aromatic rings. The molecule has 0 aliphatic carbocycles. The fourth-order valence-electron chi connectivity index (χ4n) is 2.05. The maximum Gasteiger partial charge on any atom is 0.119 e. The summed E-state index contributed by atoms with van der Waals surface area (Å²) in [5, 5.41) is 8.64. The maximum absolute atomic E-state index is 8.64. The summed E-state index contributed by atoms with van der Waals surface area (Å²) in [6.07, 6.45) is 3.80. The minimum atomic E-state index is -0.124. The lowest BCUT2D eigenvalue weighted by Gasteiger charge is -2.11. The Morgan fingerprint density at radius 2 is 2.05 bits per heavy atom. The summed E-state index contributed by atoms with van der Waals surface area (Å²) in [6, 6.07) is 7.54. The van der Waals surface area contributed by atoms with E-state index in [2.05, 4.69) is 35.2 Å². The van der Waals surface area contributed by atoms with Crippen LogP contribution in [0.1, 0.15) is 31.2 Å². The van der Waals surface area contributed by atoms with E-state index in [9.17, 15) is 0 Å². The molecule has 1 aromatic carbocycles. The van der Waals surface area contributed by atoms with Crippen molar-refractivity contribution in [2.45, 2.75) is 26.3 Å². The SMILES string of the molecule is CC(C)c1nccn1CCOc1ccc(C#CCO)cc1. The molecule has 1 N–H and O–H groups in total. The van der Waals surface area contributed by atoms with Crippen LogP contribution in [0.4, 0.5) is 0 Å². The molecular weight excluding hydrogens is 264 g/mol. The molecular formula is C17H20N2O2. The number of ether oxygens (including phenoxy) is 1. The molecule has 21 heavy (non-hydrogen) atoms. The average Bonchev–Trinajstić information content (AvgIpc) is 2.95. The highest BCUT2D eigenvalue weighted by molar-refractivity contribution is 5.38. The van der Waals surface area contributed by atoms with Gasteiger partial charge >= 0.3 is 0 Å². The Morgan fingerprint density at radius 1 is 1.29 bits per heavy atom. The van der Waals surface area contributed by atoms with Gasteiger partial charge in [-0.2, -0.15) is 0 Å². The fourth-order valence-corrected chi connectivity index (χ4v) is 2.05. The van der Waals surface area contributed by atoms with Gasteiger partial charge in [0, 0.05) is 23.9 Å². The summed E-state index contributed by atoms with van der Waals surface area (Å²) in [7, 11) is 0. The quantitative estimate of drug-likeness (QED) is 0.858. The molecule has 0 unspecified atom stereocenters. The first-order valence-electron chi connectivity index (χ1n) is 7.04. The Balaban J connectivity index is 1.87. The van der Waals surface area contributed by atoms with Crippen molar-refractivity contribution < 1.29 is 9.84 Å². The zero-order valence-corrected chi connectivity index (χ0v) is 12.4. The number of benzene rings is 1. The van der Waals surface area contributed by atoms with E-state index >= 15 is 0 Å². The number of aromatic nitrogens is 2. The minimum Gasteiger partial charge on any atom is -0.492 e. The lowest BCUT2D eigenvalue weighted by Crippen LogP contribution is -2.11. The van der Waals surface area contributed by atoms with Gasteiger partial charge in [0.2, 0.25) is 0 Å². The van der Waals surface area contributed by atoms with E-state index < -0.39 is 0 Å². The van der Waals surface area contributed by atoms with Crippen molar-refractivity contribution in [2.24, 2.45) is 0 Å². The highest BCUT2D eigenvalue weighted by Gasteiger charge is 2.06. The molecule has 4 nitrogen and oxygen atoms in total. The van der Waals surface area contributed by atoms with Crippen molar-refractivity contribution in [1.82, 2.24) is 9.55 Å². The second-order valence-corrected chi connectivity index (χ2v) is 4.97. The second kappa shape index (κ2) is 7.51. The minimum absolute atomic E-state index is 0.124. The van der Waals surface area contributed by atoms with Crippen molar-refractivity contribution in [2.75, 3.05) is 13.2 Å². The van der Waals surface area contributed by atoms with Crippen LogP contribution in [-0.2, 0) is 6.54 Å².